The number of amides is 2. The Morgan fingerprint density at radius 2 is 2.04 bits per heavy atom. The number of benzene rings is 1. The second kappa shape index (κ2) is 7.97. The predicted octanol–water partition coefficient (Wildman–Crippen LogP) is 1.02. The lowest BCUT2D eigenvalue weighted by Gasteiger charge is -2.49. The summed E-state index contributed by atoms with van der Waals surface area (Å²) in [6, 6.07) is 9.87. The first-order valence-electron chi connectivity index (χ1n) is 8.96. The fourth-order valence-corrected chi connectivity index (χ4v) is 3.73. The molecule has 2 saturated heterocycles. The van der Waals surface area contributed by atoms with Crippen LogP contribution in [0.3, 0.4) is 0 Å². The molecule has 0 aliphatic carbocycles. The minimum Gasteiger partial charge on any atom is -0.367 e. The van der Waals surface area contributed by atoms with Crippen molar-refractivity contribution in [3.8, 4) is 0 Å². The van der Waals surface area contributed by atoms with Crippen LogP contribution in [0.25, 0.3) is 0 Å². The summed E-state index contributed by atoms with van der Waals surface area (Å²) in [7, 11) is 2.10. The van der Waals surface area contributed by atoms with Gasteiger partial charge in [-0.15, -0.1) is 0 Å². The fraction of sp³-hybridized carbons (Fsp3) is 0.579. The Hall–Kier alpha value is -1.92. The monoisotopic (exact) mass is 345 g/mol. The molecule has 1 unspecified atom stereocenters. The summed E-state index contributed by atoms with van der Waals surface area (Å²) in [6.45, 7) is 3.45. The lowest BCUT2D eigenvalue weighted by atomic mass is 9.86. The molecule has 0 bridgehead atoms. The van der Waals surface area contributed by atoms with Gasteiger partial charge in [0.1, 0.15) is 6.61 Å². The molecule has 2 aliphatic heterocycles. The Bertz CT molecular complexity index is 607. The van der Waals surface area contributed by atoms with Gasteiger partial charge in [0.2, 0.25) is 11.8 Å². The molecule has 6 nitrogen and oxygen atoms in total. The zero-order valence-electron chi connectivity index (χ0n) is 14.9. The van der Waals surface area contributed by atoms with Crippen LogP contribution >= 0.6 is 0 Å². The van der Waals surface area contributed by atoms with Crippen molar-refractivity contribution >= 4 is 11.8 Å². The van der Waals surface area contributed by atoms with Crippen LogP contribution in [0.15, 0.2) is 30.3 Å². The molecule has 0 aromatic heterocycles. The van der Waals surface area contributed by atoms with Crippen LogP contribution in [0.1, 0.15) is 24.8 Å². The highest BCUT2D eigenvalue weighted by atomic mass is 16.5. The lowest BCUT2D eigenvalue weighted by molar-refractivity contribution is -0.142. The molecule has 2 aliphatic rings. The van der Waals surface area contributed by atoms with Gasteiger partial charge in [0.25, 0.3) is 0 Å². The molecule has 1 spiro atoms. The number of carbonyl (C=O) groups excluding carboxylic acids is 2. The average molecular weight is 345 g/mol. The van der Waals surface area contributed by atoms with E-state index in [0.717, 1.165) is 24.9 Å². The summed E-state index contributed by atoms with van der Waals surface area (Å²) in [5.41, 5.74) is 0.963. The third kappa shape index (κ3) is 4.38. The molecule has 2 fully saturated rings. The summed E-state index contributed by atoms with van der Waals surface area (Å²) < 4.78 is 5.61. The van der Waals surface area contributed by atoms with Gasteiger partial charge in [-0.05, 0) is 25.5 Å². The van der Waals surface area contributed by atoms with Crippen LogP contribution in [0.2, 0.25) is 0 Å². The Morgan fingerprint density at radius 1 is 1.24 bits per heavy atom. The van der Waals surface area contributed by atoms with E-state index in [9.17, 15) is 9.59 Å². The maximum absolute atomic E-state index is 12.6. The van der Waals surface area contributed by atoms with Gasteiger partial charge in [0.05, 0.1) is 6.61 Å². The molecular weight excluding hydrogens is 318 g/mol. The minimum atomic E-state index is -0.105. The van der Waals surface area contributed by atoms with Gasteiger partial charge < -0.3 is 15.0 Å². The topological polar surface area (TPSA) is 61.9 Å². The number of ether oxygens (including phenoxy) is 1. The molecule has 3 rings (SSSR count). The average Bonchev–Trinajstić information content (AvgIpc) is 2.81. The first-order valence-corrected chi connectivity index (χ1v) is 8.96. The molecule has 2 amide bonds. The van der Waals surface area contributed by atoms with Gasteiger partial charge >= 0.3 is 0 Å². The van der Waals surface area contributed by atoms with Crippen molar-refractivity contribution in [3.05, 3.63) is 35.9 Å². The molecule has 1 aromatic rings. The SMILES string of the molecule is CN1CCN(C(=O)COCc2ccccc2)CC12CCNC(=O)CC2. The van der Waals surface area contributed by atoms with Crippen molar-refractivity contribution in [1.29, 1.82) is 0 Å². The maximum atomic E-state index is 12.6. The zero-order chi connectivity index (χ0) is 17.7. The van der Waals surface area contributed by atoms with E-state index in [4.69, 9.17) is 4.74 Å². The van der Waals surface area contributed by atoms with E-state index in [1.807, 2.05) is 35.2 Å². The summed E-state index contributed by atoms with van der Waals surface area (Å²) in [5.74, 6) is 0.145. The van der Waals surface area contributed by atoms with Gasteiger partial charge in [0, 0.05) is 38.1 Å². The first-order chi connectivity index (χ1) is 12.1. The molecular formula is C19H27N3O3. The fourth-order valence-electron chi connectivity index (χ4n) is 3.73. The van der Waals surface area contributed by atoms with Crippen molar-refractivity contribution in [1.82, 2.24) is 15.1 Å². The van der Waals surface area contributed by atoms with Crippen molar-refractivity contribution in [2.75, 3.05) is 39.8 Å². The minimum absolute atomic E-state index is 0.0342. The van der Waals surface area contributed by atoms with Gasteiger partial charge in [-0.3, -0.25) is 14.5 Å². The maximum Gasteiger partial charge on any atom is 0.248 e. The Labute approximate surface area is 149 Å². The second-order valence-electron chi connectivity index (χ2n) is 7.04. The Balaban J connectivity index is 1.55. The molecule has 0 saturated carbocycles. The predicted molar refractivity (Wildman–Crippen MR) is 94.9 cm³/mol. The Morgan fingerprint density at radius 3 is 2.84 bits per heavy atom. The van der Waals surface area contributed by atoms with Crippen molar-refractivity contribution in [2.45, 2.75) is 31.4 Å². The van der Waals surface area contributed by atoms with Crippen LogP contribution < -0.4 is 5.32 Å². The smallest absolute Gasteiger partial charge is 0.248 e. The highest BCUT2D eigenvalue weighted by Gasteiger charge is 2.41. The molecule has 6 heteroatoms. The van der Waals surface area contributed by atoms with Gasteiger partial charge in [-0.2, -0.15) is 0 Å². The third-order valence-electron chi connectivity index (χ3n) is 5.42. The normalized spacial score (nSPS) is 24.8. The van der Waals surface area contributed by atoms with Crippen LogP contribution in [-0.2, 0) is 20.9 Å². The van der Waals surface area contributed by atoms with Crippen molar-refractivity contribution in [3.63, 3.8) is 0 Å². The Kier molecular flexibility index (Phi) is 5.71. The largest absolute Gasteiger partial charge is 0.367 e. The highest BCUT2D eigenvalue weighted by molar-refractivity contribution is 5.78. The standard InChI is InChI=1S/C19H27N3O3/c1-21-11-12-22(15-19(21)8-7-17(23)20-10-9-19)18(24)14-25-13-16-5-3-2-4-6-16/h2-6H,7-15H2,1H3,(H,20,23). The van der Waals surface area contributed by atoms with E-state index >= 15 is 0 Å². The number of hydrogen-bond acceptors (Lipinski definition) is 4. The van der Waals surface area contributed by atoms with E-state index in [-0.39, 0.29) is 24.0 Å². The van der Waals surface area contributed by atoms with E-state index in [1.165, 1.54) is 0 Å². The molecule has 1 N–H and O–H groups in total. The van der Waals surface area contributed by atoms with Crippen molar-refractivity contribution < 1.29 is 14.3 Å². The number of rotatable bonds is 4. The van der Waals surface area contributed by atoms with Crippen LogP contribution in [0, 0.1) is 0 Å². The molecule has 1 atom stereocenters. The van der Waals surface area contributed by atoms with Gasteiger partial charge in [-0.1, -0.05) is 30.3 Å². The number of nitrogens with zero attached hydrogens (tertiary/aromatic N) is 2. The third-order valence-corrected chi connectivity index (χ3v) is 5.42. The number of hydrogen-bond donors (Lipinski definition) is 1. The number of nitrogens with one attached hydrogen (secondary N) is 1. The van der Waals surface area contributed by atoms with Crippen LogP contribution in [0.5, 0.6) is 0 Å². The molecule has 136 valence electrons. The first kappa shape index (κ1) is 17.9. The summed E-state index contributed by atoms with van der Waals surface area (Å²) in [4.78, 5) is 28.5. The zero-order valence-corrected chi connectivity index (χ0v) is 14.9. The second-order valence-corrected chi connectivity index (χ2v) is 7.04. The molecule has 1 aromatic carbocycles. The number of likely N-dealkylation sites (N-methyl/N-ethyl adjacent to an activating group) is 1. The quantitative estimate of drug-likeness (QED) is 0.885. The van der Waals surface area contributed by atoms with Crippen LogP contribution in [-0.4, -0.2) is 67.0 Å². The van der Waals surface area contributed by atoms with E-state index in [0.29, 0.717) is 32.7 Å². The van der Waals surface area contributed by atoms with E-state index in [1.54, 1.807) is 0 Å². The number of piperazine rings is 1. The van der Waals surface area contributed by atoms with Gasteiger partial charge in [0.15, 0.2) is 0 Å². The molecule has 0 radical (unpaired) electrons. The van der Waals surface area contributed by atoms with Crippen LogP contribution in [0.4, 0.5) is 0 Å². The summed E-state index contributed by atoms with van der Waals surface area (Å²) >= 11 is 0. The van der Waals surface area contributed by atoms with E-state index in [2.05, 4.69) is 17.3 Å². The summed E-state index contributed by atoms with van der Waals surface area (Å²) in [6.07, 6.45) is 2.20. The highest BCUT2D eigenvalue weighted by Crippen LogP contribution is 2.30. The van der Waals surface area contributed by atoms with Gasteiger partial charge in [-0.25, -0.2) is 0 Å². The summed E-state index contributed by atoms with van der Waals surface area (Å²) in [5, 5.41) is 2.94. The van der Waals surface area contributed by atoms with E-state index < -0.39 is 0 Å². The van der Waals surface area contributed by atoms with Crippen molar-refractivity contribution in [2.24, 2.45) is 0 Å². The molecule has 25 heavy (non-hydrogen) atoms. The number of carbonyl (C=O) groups is 2. The molecule has 2 heterocycles. The lowest BCUT2D eigenvalue weighted by Crippen LogP contribution is -2.62.